The minimum atomic E-state index is -2.44. The normalized spacial score (nSPS) is 14.5. The molecule has 1 aromatic heterocycles. The first kappa shape index (κ1) is 24.6. The van der Waals surface area contributed by atoms with E-state index in [9.17, 15) is 4.79 Å². The van der Waals surface area contributed by atoms with Crippen molar-refractivity contribution in [2.75, 3.05) is 6.54 Å². The van der Waals surface area contributed by atoms with Crippen LogP contribution in [0, 0.1) is 0 Å². The molecule has 0 aliphatic heterocycles. The van der Waals surface area contributed by atoms with Gasteiger partial charge in [0, 0.05) is 24.0 Å². The van der Waals surface area contributed by atoms with Gasteiger partial charge in [-0.1, -0.05) is 23.7 Å². The molecule has 2 aromatic rings. The third-order valence-electron chi connectivity index (χ3n) is 4.10. The molecule has 0 aliphatic carbocycles. The average molecular weight is 455 g/mol. The summed E-state index contributed by atoms with van der Waals surface area (Å²) in [4.78, 5) is 14.9. The molecule has 7 nitrogen and oxygen atoms in total. The summed E-state index contributed by atoms with van der Waals surface area (Å²) in [7, 11) is -2.44. The molecule has 2 atom stereocenters. The predicted molar refractivity (Wildman–Crippen MR) is 118 cm³/mol. The summed E-state index contributed by atoms with van der Waals surface area (Å²) in [6, 6.07) is 7.60. The van der Waals surface area contributed by atoms with Crippen molar-refractivity contribution in [3.8, 4) is 0 Å². The Labute approximate surface area is 184 Å². The maximum absolute atomic E-state index is 11.0. The number of halogens is 1. The first-order valence-corrected chi connectivity index (χ1v) is 13.1. The number of nitrogens with zero attached hydrogens (tertiary/aromatic N) is 1. The second-order valence-corrected chi connectivity index (χ2v) is 12.4. The Hall–Kier alpha value is -1.71. The Morgan fingerprint density at radius 2 is 2.07 bits per heavy atom. The van der Waals surface area contributed by atoms with Crippen LogP contribution in [0.4, 0.5) is 0 Å². The molecule has 0 radical (unpaired) electrons. The van der Waals surface area contributed by atoms with Crippen molar-refractivity contribution in [3.05, 3.63) is 52.7 Å². The third kappa shape index (κ3) is 8.20. The summed E-state index contributed by atoms with van der Waals surface area (Å²) >= 11 is 6.20. The van der Waals surface area contributed by atoms with E-state index in [0.717, 1.165) is 11.8 Å². The van der Waals surface area contributed by atoms with Crippen LogP contribution in [0.15, 0.2) is 34.9 Å². The number of rotatable bonds is 10. The Bertz CT molecular complexity index is 850. The lowest BCUT2D eigenvalue weighted by molar-refractivity contribution is 0.0459. The monoisotopic (exact) mass is 454 g/mol. The largest absolute Gasteiger partial charge is 0.476 e. The molecule has 1 heterocycles. The lowest BCUT2D eigenvalue weighted by Crippen LogP contribution is -2.45. The molecule has 0 bridgehead atoms. The van der Waals surface area contributed by atoms with E-state index in [1.165, 1.54) is 0 Å². The minimum Gasteiger partial charge on any atom is -0.476 e. The average Bonchev–Trinajstić information content (AvgIpc) is 3.05. The molecule has 0 spiro atoms. The molecule has 0 saturated carbocycles. The molecular formula is C21H31ClN2O5Si. The van der Waals surface area contributed by atoms with Crippen molar-refractivity contribution >= 4 is 26.1 Å². The highest BCUT2D eigenvalue weighted by atomic mass is 35.5. The lowest BCUT2D eigenvalue weighted by atomic mass is 10.1. The summed E-state index contributed by atoms with van der Waals surface area (Å²) in [5.74, 6) is -0.732. The van der Waals surface area contributed by atoms with Gasteiger partial charge in [0.25, 0.3) is 0 Å². The van der Waals surface area contributed by atoms with Crippen molar-refractivity contribution < 1.29 is 23.2 Å². The van der Waals surface area contributed by atoms with Crippen LogP contribution in [0.25, 0.3) is 0 Å². The van der Waals surface area contributed by atoms with Crippen molar-refractivity contribution in [3.63, 3.8) is 0 Å². The van der Waals surface area contributed by atoms with E-state index in [4.69, 9.17) is 30.0 Å². The second-order valence-electron chi connectivity index (χ2n) is 8.72. The van der Waals surface area contributed by atoms with Crippen LogP contribution in [0.2, 0.25) is 18.1 Å². The lowest BCUT2D eigenvalue weighted by Gasteiger charge is -2.35. The van der Waals surface area contributed by atoms with E-state index >= 15 is 0 Å². The van der Waals surface area contributed by atoms with Gasteiger partial charge in [-0.3, -0.25) is 0 Å². The first-order valence-electron chi connectivity index (χ1n) is 9.89. The van der Waals surface area contributed by atoms with E-state index in [2.05, 4.69) is 10.3 Å². The van der Waals surface area contributed by atoms with Crippen LogP contribution in [0.3, 0.4) is 0 Å². The zero-order valence-corrected chi connectivity index (χ0v) is 20.1. The van der Waals surface area contributed by atoms with Crippen molar-refractivity contribution in [1.82, 2.24) is 10.3 Å². The van der Waals surface area contributed by atoms with Gasteiger partial charge in [-0.05, 0) is 58.5 Å². The quantitative estimate of drug-likeness (QED) is 0.497. The standard InChI is InChI=1S/C21H31ClN2O5Si/c1-14(10-19-24-17(13-27-19)20(25)26)23-12-18(15-8-7-9-16(22)11-15)28-30(5,6)29-21(2,3)4/h7-9,11,13-14,18,23H,10,12H2,1-6H3,(H,25,26). The molecule has 2 unspecified atom stereocenters. The van der Waals surface area contributed by atoms with Gasteiger partial charge in [-0.15, -0.1) is 0 Å². The van der Waals surface area contributed by atoms with E-state index in [0.29, 0.717) is 23.9 Å². The van der Waals surface area contributed by atoms with E-state index in [-0.39, 0.29) is 23.4 Å². The number of carboxylic acid groups (broad SMARTS) is 1. The molecule has 9 heteroatoms. The van der Waals surface area contributed by atoms with Gasteiger partial charge in [0.1, 0.15) is 6.26 Å². The molecule has 1 aromatic carbocycles. The van der Waals surface area contributed by atoms with Gasteiger partial charge >= 0.3 is 14.5 Å². The zero-order valence-electron chi connectivity index (χ0n) is 18.4. The van der Waals surface area contributed by atoms with Gasteiger partial charge in [0.15, 0.2) is 11.6 Å². The molecule has 0 saturated heterocycles. The van der Waals surface area contributed by atoms with Crippen molar-refractivity contribution in [2.45, 2.75) is 65.0 Å². The molecule has 30 heavy (non-hydrogen) atoms. The molecule has 2 rings (SSSR count). The fraction of sp³-hybridized carbons (Fsp3) is 0.524. The number of oxazole rings is 1. The molecule has 0 fully saturated rings. The number of nitrogens with one attached hydrogen (secondary N) is 1. The molecule has 0 aliphatic rings. The van der Waals surface area contributed by atoms with Gasteiger partial charge < -0.3 is 23.7 Å². The van der Waals surface area contributed by atoms with Crippen LogP contribution in [-0.4, -0.2) is 42.8 Å². The number of benzene rings is 1. The third-order valence-corrected chi connectivity index (χ3v) is 6.29. The fourth-order valence-corrected chi connectivity index (χ4v) is 5.81. The van der Waals surface area contributed by atoms with Crippen LogP contribution in [-0.2, 0) is 15.3 Å². The minimum absolute atomic E-state index is 0.0103. The van der Waals surface area contributed by atoms with Gasteiger partial charge in [0.2, 0.25) is 0 Å². The Morgan fingerprint density at radius 1 is 1.37 bits per heavy atom. The van der Waals surface area contributed by atoms with Crippen LogP contribution in [0.5, 0.6) is 0 Å². The molecular weight excluding hydrogens is 424 g/mol. The van der Waals surface area contributed by atoms with Crippen LogP contribution < -0.4 is 5.32 Å². The maximum atomic E-state index is 11.0. The summed E-state index contributed by atoms with van der Waals surface area (Å²) in [5.41, 5.74) is 0.566. The van der Waals surface area contributed by atoms with Crippen LogP contribution in [0.1, 0.15) is 55.7 Å². The summed E-state index contributed by atoms with van der Waals surface area (Å²) in [5, 5.41) is 13.0. The Morgan fingerprint density at radius 3 is 2.63 bits per heavy atom. The first-order chi connectivity index (χ1) is 13.8. The topological polar surface area (TPSA) is 93.8 Å². The van der Waals surface area contributed by atoms with E-state index < -0.39 is 14.5 Å². The highest BCUT2D eigenvalue weighted by Crippen LogP contribution is 2.27. The number of aromatic nitrogens is 1. The second kappa shape index (κ2) is 10.1. The molecule has 2 N–H and O–H groups in total. The highest BCUT2D eigenvalue weighted by Gasteiger charge is 2.34. The highest BCUT2D eigenvalue weighted by molar-refractivity contribution is 6.64. The maximum Gasteiger partial charge on any atom is 0.357 e. The summed E-state index contributed by atoms with van der Waals surface area (Å²) < 4.78 is 17.9. The fourth-order valence-electron chi connectivity index (χ4n) is 3.18. The van der Waals surface area contributed by atoms with Gasteiger partial charge in [-0.2, -0.15) is 0 Å². The number of carbonyl (C=O) groups is 1. The van der Waals surface area contributed by atoms with Crippen molar-refractivity contribution in [2.24, 2.45) is 0 Å². The summed E-state index contributed by atoms with van der Waals surface area (Å²) in [6.45, 7) is 12.6. The summed E-state index contributed by atoms with van der Waals surface area (Å²) in [6.07, 6.45) is 1.35. The van der Waals surface area contributed by atoms with Crippen molar-refractivity contribution in [1.29, 1.82) is 0 Å². The number of hydrogen-bond donors (Lipinski definition) is 2. The van der Waals surface area contributed by atoms with Gasteiger partial charge in [0.05, 0.1) is 11.7 Å². The number of hydrogen-bond acceptors (Lipinski definition) is 6. The van der Waals surface area contributed by atoms with E-state index in [1.54, 1.807) is 0 Å². The van der Waals surface area contributed by atoms with Crippen LogP contribution >= 0.6 is 11.6 Å². The smallest absolute Gasteiger partial charge is 0.357 e. The number of aromatic carboxylic acids is 1. The van der Waals surface area contributed by atoms with Gasteiger partial charge in [-0.25, -0.2) is 9.78 Å². The Kier molecular flexibility index (Phi) is 8.24. The molecule has 0 amide bonds. The number of carboxylic acids is 1. The molecule has 166 valence electrons. The predicted octanol–water partition coefficient (Wildman–Crippen LogP) is 4.82. The zero-order chi connectivity index (χ0) is 22.5. The SMILES string of the molecule is CC(Cc1nc(C(=O)O)co1)NCC(O[Si](C)(C)OC(C)(C)C)c1cccc(Cl)c1. The van der Waals surface area contributed by atoms with E-state index in [1.807, 2.05) is 65.1 Å². The Balaban J connectivity index is 2.07.